The molecule has 1 saturated carbocycles. The lowest BCUT2D eigenvalue weighted by Crippen LogP contribution is -2.67. The molecule has 1 aliphatic carbocycles. The van der Waals surface area contributed by atoms with Crippen molar-refractivity contribution in [1.29, 1.82) is 0 Å². The number of aliphatic hydroxyl groups is 1. The number of nitrogens with two attached hydrogens (primary N) is 1. The topological polar surface area (TPSA) is 128 Å². The van der Waals surface area contributed by atoms with Gasteiger partial charge >= 0.3 is 6.09 Å². The summed E-state index contributed by atoms with van der Waals surface area (Å²) in [5.41, 5.74) is 5.06. The number of nitrogens with one attached hydrogen (secondary N) is 1. The minimum atomic E-state index is -1.41. The van der Waals surface area contributed by atoms with E-state index in [-0.39, 0.29) is 24.3 Å². The second-order valence-corrected chi connectivity index (χ2v) is 7.84. The molecule has 1 saturated heterocycles. The monoisotopic (exact) mass is 394 g/mol. The zero-order valence-electron chi connectivity index (χ0n) is 15.2. The molecule has 0 unspecified atom stereocenters. The van der Waals surface area contributed by atoms with Gasteiger partial charge in [0.15, 0.2) is 0 Å². The van der Waals surface area contributed by atoms with E-state index in [9.17, 15) is 14.7 Å². The molecule has 9 heteroatoms. The van der Waals surface area contributed by atoms with Crippen molar-refractivity contribution in [3.63, 3.8) is 0 Å². The van der Waals surface area contributed by atoms with E-state index >= 15 is 0 Å². The van der Waals surface area contributed by atoms with Gasteiger partial charge in [0, 0.05) is 6.04 Å². The van der Waals surface area contributed by atoms with E-state index < -0.39 is 17.2 Å². The Bertz CT molecular complexity index is 822. The van der Waals surface area contributed by atoms with Gasteiger partial charge in [0.05, 0.1) is 28.3 Å². The van der Waals surface area contributed by atoms with Crippen molar-refractivity contribution in [2.45, 2.75) is 56.7 Å². The minimum Gasteiger partial charge on any atom is -0.463 e. The average Bonchev–Trinajstić information content (AvgIpc) is 2.54. The summed E-state index contributed by atoms with van der Waals surface area (Å²) in [5.74, 6) is -0.333. The fourth-order valence-electron chi connectivity index (χ4n) is 3.83. The van der Waals surface area contributed by atoms with Crippen molar-refractivity contribution < 1.29 is 19.8 Å². The summed E-state index contributed by atoms with van der Waals surface area (Å²) >= 11 is 6.33. The van der Waals surface area contributed by atoms with Crippen LogP contribution in [0.5, 0.6) is 0 Å². The van der Waals surface area contributed by atoms with E-state index in [2.05, 4.69) is 10.3 Å². The predicted octanol–water partition coefficient (Wildman–Crippen LogP) is 2.30. The minimum absolute atomic E-state index is 0.0515. The summed E-state index contributed by atoms with van der Waals surface area (Å²) in [4.78, 5) is 29.1. The summed E-state index contributed by atoms with van der Waals surface area (Å²) in [6.45, 7) is 3.63. The maximum atomic E-state index is 13.0. The van der Waals surface area contributed by atoms with Crippen LogP contribution in [0, 0.1) is 0 Å². The third-order valence-electron chi connectivity index (χ3n) is 5.47. The van der Waals surface area contributed by atoms with Crippen molar-refractivity contribution in [3.05, 3.63) is 28.8 Å². The van der Waals surface area contributed by atoms with Gasteiger partial charge in [0.1, 0.15) is 0 Å². The molecule has 0 aromatic heterocycles. The Morgan fingerprint density at radius 3 is 2.74 bits per heavy atom. The number of hydrogen-bond donors (Lipinski definition) is 4. The number of carbonyl (C=O) groups excluding carboxylic acids is 1. The zero-order valence-corrected chi connectivity index (χ0v) is 16.0. The predicted molar refractivity (Wildman–Crippen MR) is 102 cm³/mol. The lowest BCUT2D eigenvalue weighted by molar-refractivity contribution is -0.141. The first-order valence-electron chi connectivity index (χ1n) is 8.77. The molecule has 146 valence electrons. The first kappa shape index (κ1) is 19.4. The van der Waals surface area contributed by atoms with Crippen LogP contribution < -0.4 is 11.1 Å². The largest absolute Gasteiger partial charge is 0.463 e. The normalized spacial score (nSPS) is 32.1. The third kappa shape index (κ3) is 3.46. The lowest BCUT2D eigenvalue weighted by Gasteiger charge is -2.51. The summed E-state index contributed by atoms with van der Waals surface area (Å²) < 4.78 is 0. The number of halogens is 1. The van der Waals surface area contributed by atoms with Crippen LogP contribution in [0.2, 0.25) is 5.02 Å². The third-order valence-corrected chi connectivity index (χ3v) is 5.89. The molecule has 1 aromatic carbocycles. The zero-order chi connectivity index (χ0) is 20.0. The van der Waals surface area contributed by atoms with Gasteiger partial charge < -0.3 is 21.3 Å². The van der Waals surface area contributed by atoms with Gasteiger partial charge in [-0.1, -0.05) is 30.7 Å². The standard InChI is InChI=1S/C18H23ClN4O4/c1-3-18(27)7-10(8-18)23-13(24)9-17(2,22-15(23)21-16(25)26)11-5-4-6-12(20)14(11)19/h4-6,10,27H,3,7-9,20H2,1-2H3,(H,21,22)(H,25,26)/t10?,17-,18?/m0/s1. The molecular weight excluding hydrogens is 372 g/mol. The smallest absolute Gasteiger partial charge is 0.434 e. The summed E-state index contributed by atoms with van der Waals surface area (Å²) in [6.07, 6.45) is -0.0312. The molecule has 1 aliphatic heterocycles. The number of guanidine groups is 1. The number of anilines is 1. The Labute approximate surface area is 162 Å². The van der Waals surface area contributed by atoms with Crippen molar-refractivity contribution in [2.75, 3.05) is 5.73 Å². The number of rotatable bonds is 3. The highest BCUT2D eigenvalue weighted by Crippen LogP contribution is 2.42. The summed E-state index contributed by atoms with van der Waals surface area (Å²) in [7, 11) is 0. The van der Waals surface area contributed by atoms with Crippen molar-refractivity contribution in [2.24, 2.45) is 4.99 Å². The van der Waals surface area contributed by atoms with Gasteiger partial charge in [0.2, 0.25) is 11.9 Å². The number of aliphatic imine (C=N–C) groups is 1. The Hall–Kier alpha value is -2.32. The lowest BCUT2D eigenvalue weighted by atomic mass is 9.72. The van der Waals surface area contributed by atoms with Gasteiger partial charge in [-0.15, -0.1) is 4.99 Å². The van der Waals surface area contributed by atoms with Gasteiger partial charge in [-0.2, -0.15) is 0 Å². The summed E-state index contributed by atoms with van der Waals surface area (Å²) in [5, 5.41) is 22.8. The summed E-state index contributed by atoms with van der Waals surface area (Å²) in [6, 6.07) is 4.82. The molecule has 1 atom stereocenters. The highest BCUT2D eigenvalue weighted by atomic mass is 35.5. The number of amides is 2. The van der Waals surface area contributed by atoms with E-state index in [1.807, 2.05) is 6.92 Å². The second-order valence-electron chi connectivity index (χ2n) is 7.46. The van der Waals surface area contributed by atoms with Crippen molar-refractivity contribution in [3.8, 4) is 0 Å². The van der Waals surface area contributed by atoms with Crippen molar-refractivity contribution >= 4 is 35.2 Å². The number of nitrogens with zero attached hydrogens (tertiary/aromatic N) is 2. The molecule has 1 aromatic rings. The molecule has 2 fully saturated rings. The molecule has 1 heterocycles. The van der Waals surface area contributed by atoms with Gasteiger partial charge in [-0.25, -0.2) is 4.79 Å². The molecule has 0 radical (unpaired) electrons. The van der Waals surface area contributed by atoms with Crippen LogP contribution in [0.4, 0.5) is 10.5 Å². The molecule has 2 amide bonds. The quantitative estimate of drug-likeness (QED) is 0.582. The maximum absolute atomic E-state index is 13.0. The van der Waals surface area contributed by atoms with E-state index in [1.165, 1.54) is 4.90 Å². The first-order chi connectivity index (χ1) is 12.6. The van der Waals surface area contributed by atoms with Crippen LogP contribution in [-0.4, -0.2) is 44.7 Å². The fraction of sp³-hybridized carbons (Fsp3) is 0.500. The number of carbonyl (C=O) groups is 2. The highest BCUT2D eigenvalue weighted by Gasteiger charge is 2.51. The molecule has 0 spiro atoms. The fourth-order valence-corrected chi connectivity index (χ4v) is 4.17. The van der Waals surface area contributed by atoms with Gasteiger partial charge in [0.25, 0.3) is 0 Å². The van der Waals surface area contributed by atoms with E-state index in [1.54, 1.807) is 25.1 Å². The Balaban J connectivity index is 1.95. The van der Waals surface area contributed by atoms with Crippen LogP contribution in [0.3, 0.4) is 0 Å². The molecule has 2 aliphatic rings. The first-order valence-corrected chi connectivity index (χ1v) is 9.15. The van der Waals surface area contributed by atoms with Crippen molar-refractivity contribution in [1.82, 2.24) is 10.2 Å². The molecule has 27 heavy (non-hydrogen) atoms. The Kier molecular flexibility index (Phi) is 4.81. The molecule has 8 nitrogen and oxygen atoms in total. The molecule has 5 N–H and O–H groups in total. The van der Waals surface area contributed by atoms with E-state index in [0.717, 1.165) is 0 Å². The molecular formula is C18H23ClN4O4. The van der Waals surface area contributed by atoms with E-state index in [0.29, 0.717) is 35.5 Å². The van der Waals surface area contributed by atoms with Crippen LogP contribution in [0.1, 0.15) is 45.1 Å². The van der Waals surface area contributed by atoms with Crippen LogP contribution in [-0.2, 0) is 10.3 Å². The van der Waals surface area contributed by atoms with Gasteiger partial charge in [-0.3, -0.25) is 9.69 Å². The molecule has 3 rings (SSSR count). The number of nitrogen functional groups attached to an aromatic ring is 1. The van der Waals surface area contributed by atoms with Crippen LogP contribution in [0.15, 0.2) is 23.2 Å². The second kappa shape index (κ2) is 6.69. The Morgan fingerprint density at radius 2 is 2.15 bits per heavy atom. The van der Waals surface area contributed by atoms with E-state index in [4.69, 9.17) is 22.4 Å². The maximum Gasteiger partial charge on any atom is 0.434 e. The Morgan fingerprint density at radius 1 is 1.48 bits per heavy atom. The average molecular weight is 395 g/mol. The van der Waals surface area contributed by atoms with Gasteiger partial charge in [-0.05, 0) is 37.8 Å². The van der Waals surface area contributed by atoms with Crippen LogP contribution in [0.25, 0.3) is 0 Å². The van der Waals surface area contributed by atoms with Crippen LogP contribution >= 0.6 is 11.6 Å². The highest BCUT2D eigenvalue weighted by molar-refractivity contribution is 6.34. The number of carboxylic acid groups (broad SMARTS) is 1. The number of hydrogen-bond acceptors (Lipinski definition) is 4. The number of benzene rings is 1. The SMILES string of the molecule is CCC1(O)CC(N2C(=O)C[C@@](C)(c3cccc(N)c3Cl)N/C2=N\C(=O)O)C1. The molecule has 0 bridgehead atoms.